The Morgan fingerprint density at radius 2 is 1.04 bits per heavy atom. The van der Waals surface area contributed by atoms with Crippen LogP contribution in [0.3, 0.4) is 0 Å². The number of benzene rings is 3. The Morgan fingerprint density at radius 1 is 0.630 bits per heavy atom. The van der Waals surface area contributed by atoms with Crippen LogP contribution in [0.2, 0.25) is 0 Å². The zero-order valence-corrected chi connectivity index (χ0v) is 29.4. The van der Waals surface area contributed by atoms with Gasteiger partial charge in [0, 0.05) is 36.0 Å². The summed E-state index contributed by atoms with van der Waals surface area (Å²) in [5.41, 5.74) is -5.61. The van der Waals surface area contributed by atoms with Crippen molar-refractivity contribution in [2.45, 2.75) is 55.1 Å². The van der Waals surface area contributed by atoms with E-state index in [1.807, 2.05) is 0 Å². The van der Waals surface area contributed by atoms with Gasteiger partial charge in [0.2, 0.25) is 17.7 Å². The van der Waals surface area contributed by atoms with Gasteiger partial charge >= 0.3 is 32.5 Å². The van der Waals surface area contributed by atoms with Gasteiger partial charge in [-0.3, -0.25) is 33.1 Å². The lowest BCUT2D eigenvalue weighted by Gasteiger charge is -2.25. The van der Waals surface area contributed by atoms with Crippen molar-refractivity contribution in [1.82, 2.24) is 16.0 Å². The predicted octanol–water partition coefficient (Wildman–Crippen LogP) is 2.04. The van der Waals surface area contributed by atoms with Crippen LogP contribution in [0.1, 0.15) is 45.5 Å². The summed E-state index contributed by atoms with van der Waals surface area (Å²) in [6, 6.07) is 9.11. The number of primary amides is 1. The van der Waals surface area contributed by atoms with E-state index in [2.05, 4.69) is 16.0 Å². The summed E-state index contributed by atoms with van der Waals surface area (Å²) in [6.07, 6.45) is -2.11. The molecular weight excluding hydrogens is 770 g/mol. The highest BCUT2D eigenvalue weighted by Gasteiger charge is 2.51. The molecule has 3 rings (SSSR count). The molecule has 0 aliphatic carbocycles. The molecule has 0 aromatic heterocycles. The van der Waals surface area contributed by atoms with Crippen LogP contribution < -0.4 is 21.7 Å². The van der Waals surface area contributed by atoms with E-state index in [9.17, 15) is 55.8 Å². The molecule has 0 saturated heterocycles. The van der Waals surface area contributed by atoms with Crippen LogP contribution in [0.5, 0.6) is 0 Å². The predicted molar refractivity (Wildman–Crippen MR) is 180 cm³/mol. The summed E-state index contributed by atoms with van der Waals surface area (Å²) in [5, 5.41) is 16.2. The third kappa shape index (κ3) is 11.3. The number of nitrogens with two attached hydrogens (primary N) is 1. The average molecular weight is 805 g/mol. The van der Waals surface area contributed by atoms with Crippen molar-refractivity contribution in [3.8, 4) is 0 Å². The summed E-state index contributed by atoms with van der Waals surface area (Å²) < 4.78 is 79.3. The number of carbonyl (C=O) groups is 5. The van der Waals surface area contributed by atoms with Crippen LogP contribution in [0.15, 0.2) is 78.9 Å². The highest BCUT2D eigenvalue weighted by atomic mass is 31.2. The van der Waals surface area contributed by atoms with Crippen molar-refractivity contribution in [2.24, 2.45) is 5.73 Å². The average Bonchev–Trinajstić information content (AvgIpc) is 3.09. The topological polar surface area (TPSA) is 283 Å². The molecule has 2 unspecified atom stereocenters. The third-order valence-corrected chi connectivity index (χ3v) is 9.79. The molecule has 3 aromatic rings. The largest absolute Gasteiger partial charge is 0.481 e. The van der Waals surface area contributed by atoms with E-state index in [-0.39, 0.29) is 16.7 Å². The van der Waals surface area contributed by atoms with E-state index in [1.165, 1.54) is 24.3 Å². The first-order valence-electron chi connectivity index (χ1n) is 15.5. The Morgan fingerprint density at radius 3 is 1.44 bits per heavy atom. The first-order valence-corrected chi connectivity index (χ1v) is 18.7. The number of hydrogen-bond donors (Lipinski definition) is 9. The third-order valence-electron chi connectivity index (χ3n) is 7.81. The Hall–Kier alpha value is -4.97. The molecule has 0 aliphatic rings. The lowest BCUT2D eigenvalue weighted by Crippen LogP contribution is -2.57. The maximum Gasteiger partial charge on any atom is 0.399 e. The van der Waals surface area contributed by atoms with E-state index >= 15 is 0 Å². The van der Waals surface area contributed by atoms with Gasteiger partial charge in [-0.05, 0) is 29.7 Å². The normalized spacial score (nSPS) is 13.9. The van der Waals surface area contributed by atoms with Gasteiger partial charge in [-0.15, -0.1) is 0 Å². The summed E-state index contributed by atoms with van der Waals surface area (Å²) in [7, 11) is -11.8. The fourth-order valence-corrected chi connectivity index (χ4v) is 5.81. The van der Waals surface area contributed by atoms with Gasteiger partial charge in [-0.1, -0.05) is 66.7 Å². The summed E-state index contributed by atoms with van der Waals surface area (Å²) >= 11 is 0. The smallest absolute Gasteiger partial charge is 0.399 e. The Bertz CT molecular complexity index is 1940. The fraction of sp³-hybridized carbons (Fsp3) is 0.281. The standard InChI is InChI=1S/C32H34F4N4O12P2/c33-31(34,53(47,48)49)21-10-6-18(7-11-21)16-24(27(37)43)39-30(46)25(17-19-8-12-22(13-9-19)32(35,36)54(50,51)52)40-29(45)23(14-15-26(41)42)38-28(44)20-4-2-1-3-5-20/h1-13,23-25H,14-17H2,(H2,37,43)(H,38,44)(H,39,46)(H,40,45)(H,41,42)(H2,47,48,49)(H2,50,51,52)/t23-,24?,25?/m0/s1. The number of carbonyl (C=O) groups excluding carboxylic acids is 4. The summed E-state index contributed by atoms with van der Waals surface area (Å²) in [4.78, 5) is 99.8. The van der Waals surface area contributed by atoms with Gasteiger partial charge in [0.25, 0.3) is 5.91 Å². The molecule has 54 heavy (non-hydrogen) atoms. The van der Waals surface area contributed by atoms with Crippen LogP contribution in [0, 0.1) is 0 Å². The van der Waals surface area contributed by atoms with Crippen molar-refractivity contribution >= 4 is 44.8 Å². The van der Waals surface area contributed by atoms with Gasteiger partial charge in [0.1, 0.15) is 18.1 Å². The van der Waals surface area contributed by atoms with E-state index in [0.29, 0.717) is 24.3 Å². The molecule has 0 fully saturated rings. The molecule has 3 aromatic carbocycles. The second-order valence-electron chi connectivity index (χ2n) is 11.8. The number of halogens is 4. The minimum atomic E-state index is -5.95. The van der Waals surface area contributed by atoms with E-state index in [0.717, 1.165) is 24.3 Å². The molecule has 0 aliphatic heterocycles. The van der Waals surface area contributed by atoms with Crippen molar-refractivity contribution in [3.63, 3.8) is 0 Å². The zero-order valence-electron chi connectivity index (χ0n) is 27.6. The number of aliphatic carboxylic acids is 1. The minimum Gasteiger partial charge on any atom is -0.481 e. The SMILES string of the molecule is NC(=O)C(Cc1ccc(C(F)(F)P(=O)(O)O)cc1)NC(=O)C(Cc1ccc(C(F)(F)P(=O)(O)O)cc1)NC(=O)[C@H](CCC(=O)O)NC(=O)c1ccccc1. The highest BCUT2D eigenvalue weighted by Crippen LogP contribution is 2.60. The van der Waals surface area contributed by atoms with Crippen molar-refractivity contribution in [1.29, 1.82) is 0 Å². The highest BCUT2D eigenvalue weighted by molar-refractivity contribution is 7.52. The monoisotopic (exact) mass is 804 g/mol. The number of carboxylic acids is 1. The number of nitrogens with one attached hydrogen (secondary N) is 3. The van der Waals surface area contributed by atoms with Crippen LogP contribution >= 0.6 is 15.2 Å². The molecule has 16 nitrogen and oxygen atoms in total. The van der Waals surface area contributed by atoms with Gasteiger partial charge in [0.15, 0.2) is 0 Å². The van der Waals surface area contributed by atoms with Crippen molar-refractivity contribution in [3.05, 3.63) is 107 Å². The van der Waals surface area contributed by atoms with E-state index in [1.54, 1.807) is 6.07 Å². The molecule has 0 radical (unpaired) electrons. The van der Waals surface area contributed by atoms with Crippen LogP contribution in [-0.2, 0) is 52.5 Å². The Balaban J connectivity index is 1.93. The van der Waals surface area contributed by atoms with Crippen LogP contribution in [0.4, 0.5) is 17.6 Å². The molecule has 0 saturated carbocycles. The first kappa shape index (κ1) is 43.4. The molecule has 3 atom stereocenters. The molecule has 22 heteroatoms. The van der Waals surface area contributed by atoms with Gasteiger partial charge < -0.3 is 46.4 Å². The number of rotatable bonds is 18. The van der Waals surface area contributed by atoms with Crippen molar-refractivity contribution < 1.29 is 75.3 Å². The van der Waals surface area contributed by atoms with Crippen LogP contribution in [-0.4, -0.2) is 72.4 Å². The number of hydrogen-bond acceptors (Lipinski definition) is 7. The molecule has 292 valence electrons. The minimum absolute atomic E-state index is 0.0216. The lowest BCUT2D eigenvalue weighted by molar-refractivity contribution is -0.137. The number of alkyl halides is 4. The second-order valence-corrected chi connectivity index (χ2v) is 15.1. The van der Waals surface area contributed by atoms with Gasteiger partial charge in [0.05, 0.1) is 0 Å². The Labute approximate surface area is 303 Å². The summed E-state index contributed by atoms with van der Waals surface area (Å²) in [5.74, 6) is -5.54. The molecule has 0 heterocycles. The number of amides is 4. The summed E-state index contributed by atoms with van der Waals surface area (Å²) in [6.45, 7) is 0. The zero-order chi connectivity index (χ0) is 40.6. The Kier molecular flexibility index (Phi) is 14.0. The maximum absolute atomic E-state index is 14.3. The molecule has 4 amide bonds. The molecular formula is C32H34F4N4O12P2. The van der Waals surface area contributed by atoms with E-state index < -0.39 is 111 Å². The van der Waals surface area contributed by atoms with Crippen molar-refractivity contribution in [2.75, 3.05) is 0 Å². The molecule has 0 spiro atoms. The van der Waals surface area contributed by atoms with Gasteiger partial charge in [-0.25, -0.2) is 0 Å². The quantitative estimate of drug-likeness (QED) is 0.0660. The second kappa shape index (κ2) is 17.4. The fourth-order valence-electron chi connectivity index (χ4n) is 4.83. The first-order chi connectivity index (χ1) is 24.9. The number of carboxylic acid groups (broad SMARTS) is 1. The molecule has 10 N–H and O–H groups in total. The van der Waals surface area contributed by atoms with Gasteiger partial charge in [-0.2, -0.15) is 17.6 Å². The molecule has 0 bridgehead atoms. The van der Waals surface area contributed by atoms with E-state index in [4.69, 9.17) is 25.3 Å². The maximum atomic E-state index is 14.3. The van der Waals surface area contributed by atoms with Crippen LogP contribution in [0.25, 0.3) is 0 Å². The lowest BCUT2D eigenvalue weighted by atomic mass is 10.0.